The van der Waals surface area contributed by atoms with Crippen LogP contribution in [0.4, 0.5) is 16.6 Å². The fourth-order valence-corrected chi connectivity index (χ4v) is 3.65. The van der Waals surface area contributed by atoms with Crippen molar-refractivity contribution in [2.75, 3.05) is 5.32 Å². The van der Waals surface area contributed by atoms with Crippen molar-refractivity contribution < 1.29 is 9.72 Å². The van der Waals surface area contributed by atoms with Crippen LogP contribution in [0.25, 0.3) is 22.5 Å². The van der Waals surface area contributed by atoms with Crippen molar-refractivity contribution in [1.29, 1.82) is 0 Å². The van der Waals surface area contributed by atoms with Crippen LogP contribution in [0.1, 0.15) is 12.5 Å². The van der Waals surface area contributed by atoms with E-state index in [1.807, 2.05) is 29.6 Å². The Morgan fingerprint density at radius 3 is 2.53 bits per heavy atom. The molecule has 4 rings (SSSR count). The molecule has 2 heterocycles. The van der Waals surface area contributed by atoms with Gasteiger partial charge in [-0.1, -0.05) is 36.4 Å². The third kappa shape index (κ3) is 5.10. The van der Waals surface area contributed by atoms with Gasteiger partial charge >= 0.3 is 0 Å². The Labute approximate surface area is 187 Å². The Balaban J connectivity index is 1.43. The fraction of sp³-hybridized carbons (Fsp3) is 0.0909. The van der Waals surface area contributed by atoms with Crippen LogP contribution in [0, 0.1) is 10.1 Å². The molecule has 2 aromatic heterocycles. The van der Waals surface area contributed by atoms with Crippen molar-refractivity contribution in [3.05, 3.63) is 81.7 Å². The van der Waals surface area contributed by atoms with Gasteiger partial charge in [-0.15, -0.1) is 21.5 Å². The SMILES string of the molecule is CC(=O)NCc1ccc(-c2csc(Nc3ccc(-c4cccc([N+](=O)[O-])c4)nn3)n2)cc1. The first kappa shape index (κ1) is 21.1. The first-order valence-corrected chi connectivity index (χ1v) is 10.5. The van der Waals surface area contributed by atoms with Gasteiger partial charge in [-0.25, -0.2) is 4.98 Å². The highest BCUT2D eigenvalue weighted by atomic mass is 32.1. The van der Waals surface area contributed by atoms with Crippen LogP contribution in [0.15, 0.2) is 66.0 Å². The minimum Gasteiger partial charge on any atom is -0.352 e. The number of carbonyl (C=O) groups excluding carboxylic acids is 1. The molecule has 0 spiro atoms. The predicted octanol–water partition coefficient (Wildman–Crippen LogP) is 4.56. The zero-order valence-corrected chi connectivity index (χ0v) is 17.8. The van der Waals surface area contributed by atoms with Crippen LogP contribution in [-0.2, 0) is 11.3 Å². The first-order chi connectivity index (χ1) is 15.5. The van der Waals surface area contributed by atoms with Crippen molar-refractivity contribution in [3.63, 3.8) is 0 Å². The van der Waals surface area contributed by atoms with Crippen LogP contribution in [0.2, 0.25) is 0 Å². The molecule has 0 aliphatic carbocycles. The summed E-state index contributed by atoms with van der Waals surface area (Å²) >= 11 is 1.44. The van der Waals surface area contributed by atoms with Gasteiger partial charge in [0.2, 0.25) is 5.91 Å². The number of nitrogens with one attached hydrogen (secondary N) is 2. The predicted molar refractivity (Wildman–Crippen MR) is 122 cm³/mol. The van der Waals surface area contributed by atoms with E-state index in [4.69, 9.17) is 0 Å². The van der Waals surface area contributed by atoms with Gasteiger partial charge in [0.15, 0.2) is 10.9 Å². The second kappa shape index (κ2) is 9.31. The topological polar surface area (TPSA) is 123 Å². The number of nitro groups is 1. The molecule has 0 unspecified atom stereocenters. The molecule has 0 bridgehead atoms. The van der Waals surface area contributed by atoms with E-state index in [9.17, 15) is 14.9 Å². The monoisotopic (exact) mass is 446 g/mol. The van der Waals surface area contributed by atoms with Crippen molar-refractivity contribution in [3.8, 4) is 22.5 Å². The number of thiazole rings is 1. The van der Waals surface area contributed by atoms with Crippen LogP contribution < -0.4 is 10.6 Å². The van der Waals surface area contributed by atoms with Crippen molar-refractivity contribution in [2.24, 2.45) is 0 Å². The summed E-state index contributed by atoms with van der Waals surface area (Å²) in [5, 5.41) is 27.8. The van der Waals surface area contributed by atoms with Crippen molar-refractivity contribution in [2.45, 2.75) is 13.5 Å². The quantitative estimate of drug-likeness (QED) is 0.315. The average Bonchev–Trinajstić information content (AvgIpc) is 3.27. The molecule has 2 aromatic carbocycles. The van der Waals surface area contributed by atoms with Crippen LogP contribution in [0.5, 0.6) is 0 Å². The number of aromatic nitrogens is 3. The second-order valence-electron chi connectivity index (χ2n) is 6.88. The fourth-order valence-electron chi connectivity index (χ4n) is 2.92. The summed E-state index contributed by atoms with van der Waals surface area (Å²) in [6, 6.07) is 17.6. The van der Waals surface area contributed by atoms with Gasteiger partial charge in [-0.2, -0.15) is 0 Å². The smallest absolute Gasteiger partial charge is 0.270 e. The highest BCUT2D eigenvalue weighted by Gasteiger charge is 2.10. The van der Waals surface area contributed by atoms with Crippen molar-refractivity contribution >= 4 is 33.9 Å². The number of nitro benzene ring substituents is 1. The Bertz CT molecular complexity index is 1260. The van der Waals surface area contributed by atoms with Gasteiger partial charge < -0.3 is 10.6 Å². The van der Waals surface area contributed by atoms with E-state index in [-0.39, 0.29) is 11.6 Å². The number of hydrogen-bond donors (Lipinski definition) is 2. The zero-order chi connectivity index (χ0) is 22.5. The molecule has 10 heteroatoms. The Morgan fingerprint density at radius 1 is 1.03 bits per heavy atom. The largest absolute Gasteiger partial charge is 0.352 e. The molecule has 160 valence electrons. The third-order valence-electron chi connectivity index (χ3n) is 4.55. The summed E-state index contributed by atoms with van der Waals surface area (Å²) in [5.74, 6) is 0.455. The third-order valence-corrected chi connectivity index (χ3v) is 5.31. The summed E-state index contributed by atoms with van der Waals surface area (Å²) in [6.07, 6.45) is 0. The minimum absolute atomic E-state index is 0.00460. The molecule has 0 aliphatic rings. The van der Waals surface area contributed by atoms with Crippen LogP contribution >= 0.6 is 11.3 Å². The number of amides is 1. The van der Waals surface area contributed by atoms with Gasteiger partial charge in [-0.3, -0.25) is 14.9 Å². The molecule has 9 nitrogen and oxygen atoms in total. The summed E-state index contributed by atoms with van der Waals surface area (Å²) in [5.41, 5.74) is 3.97. The van der Waals surface area contributed by atoms with E-state index in [1.165, 1.54) is 30.4 Å². The van der Waals surface area contributed by atoms with Crippen LogP contribution in [0.3, 0.4) is 0 Å². The molecular weight excluding hydrogens is 428 g/mol. The molecular formula is C22H18N6O3S. The van der Waals surface area contributed by atoms with Gasteiger partial charge in [0.25, 0.3) is 5.69 Å². The zero-order valence-electron chi connectivity index (χ0n) is 17.0. The highest BCUT2D eigenvalue weighted by molar-refractivity contribution is 7.14. The maximum absolute atomic E-state index is 11.0. The molecule has 4 aromatic rings. The minimum atomic E-state index is -0.441. The number of anilines is 2. The Morgan fingerprint density at radius 2 is 1.84 bits per heavy atom. The van der Waals surface area contributed by atoms with Gasteiger partial charge in [-0.05, 0) is 17.7 Å². The lowest BCUT2D eigenvalue weighted by molar-refractivity contribution is -0.384. The summed E-state index contributed by atoms with van der Waals surface area (Å²) in [6.45, 7) is 1.98. The molecule has 0 atom stereocenters. The maximum Gasteiger partial charge on any atom is 0.270 e. The lowest BCUT2D eigenvalue weighted by Crippen LogP contribution is -2.18. The van der Waals surface area contributed by atoms with Gasteiger partial charge in [0, 0.05) is 42.1 Å². The molecule has 0 aliphatic heterocycles. The second-order valence-corrected chi connectivity index (χ2v) is 7.74. The van der Waals surface area contributed by atoms with E-state index < -0.39 is 4.92 Å². The normalized spacial score (nSPS) is 10.5. The van der Waals surface area contributed by atoms with E-state index >= 15 is 0 Å². The molecule has 0 saturated heterocycles. The lowest BCUT2D eigenvalue weighted by atomic mass is 10.1. The molecule has 0 fully saturated rings. The lowest BCUT2D eigenvalue weighted by Gasteiger charge is -2.04. The summed E-state index contributed by atoms with van der Waals surface area (Å²) in [4.78, 5) is 26.1. The summed E-state index contributed by atoms with van der Waals surface area (Å²) < 4.78 is 0. The maximum atomic E-state index is 11.0. The van der Waals surface area contributed by atoms with Gasteiger partial charge in [0.05, 0.1) is 16.3 Å². The average molecular weight is 446 g/mol. The Kier molecular flexibility index (Phi) is 6.13. The van der Waals surface area contributed by atoms with E-state index in [1.54, 1.807) is 24.3 Å². The highest BCUT2D eigenvalue weighted by Crippen LogP contribution is 2.27. The molecule has 32 heavy (non-hydrogen) atoms. The number of benzene rings is 2. The van der Waals surface area contributed by atoms with Crippen LogP contribution in [-0.4, -0.2) is 26.0 Å². The van der Waals surface area contributed by atoms with Gasteiger partial charge in [0.1, 0.15) is 0 Å². The standard InChI is InChI=1S/C22H18N6O3S/c1-14(29)23-12-15-5-7-16(8-6-15)20-13-32-22(24-20)25-21-10-9-19(26-27-21)17-3-2-4-18(11-17)28(30)31/h2-11,13H,12H2,1H3,(H,23,29)(H,24,25,27). The van der Waals surface area contributed by atoms with E-state index in [2.05, 4.69) is 25.8 Å². The number of hydrogen-bond acceptors (Lipinski definition) is 8. The van der Waals surface area contributed by atoms with E-state index in [0.29, 0.717) is 28.8 Å². The number of nitrogens with zero attached hydrogens (tertiary/aromatic N) is 4. The number of rotatable bonds is 7. The molecule has 0 radical (unpaired) electrons. The number of non-ortho nitro benzene ring substituents is 1. The number of carbonyl (C=O) groups is 1. The molecule has 2 N–H and O–H groups in total. The van der Waals surface area contributed by atoms with Crippen molar-refractivity contribution in [1.82, 2.24) is 20.5 Å². The molecule has 1 amide bonds. The summed E-state index contributed by atoms with van der Waals surface area (Å²) in [7, 11) is 0. The first-order valence-electron chi connectivity index (χ1n) is 9.63. The van der Waals surface area contributed by atoms with E-state index in [0.717, 1.165) is 16.8 Å². The molecule has 0 saturated carbocycles. The Hall–Kier alpha value is -4.18.